The van der Waals surface area contributed by atoms with Gasteiger partial charge in [-0.05, 0) is 24.8 Å². The number of nitrogens with zero attached hydrogens (tertiary/aromatic N) is 1. The third-order valence-electron chi connectivity index (χ3n) is 2.98. The van der Waals surface area contributed by atoms with E-state index in [-0.39, 0.29) is 12.7 Å². The standard InChI is InChI=1S/C14H19NO3/c16-10-4-9-15(13-7-8-13)14(17)18-11-12-5-2-1-3-6-12/h1-3,5-6,13,16H,4,7-11H2. The Kier molecular flexibility index (Phi) is 4.59. The molecule has 0 saturated heterocycles. The predicted molar refractivity (Wildman–Crippen MR) is 68.1 cm³/mol. The van der Waals surface area contributed by atoms with Crippen molar-refractivity contribution in [2.24, 2.45) is 0 Å². The van der Waals surface area contributed by atoms with Crippen molar-refractivity contribution in [1.82, 2.24) is 4.90 Å². The largest absolute Gasteiger partial charge is 0.445 e. The van der Waals surface area contributed by atoms with Gasteiger partial charge in [-0.25, -0.2) is 4.79 Å². The van der Waals surface area contributed by atoms with Crippen LogP contribution in [0, 0.1) is 0 Å². The van der Waals surface area contributed by atoms with Gasteiger partial charge in [0.15, 0.2) is 0 Å². The first kappa shape index (κ1) is 12.9. The Morgan fingerprint density at radius 3 is 2.67 bits per heavy atom. The maximum Gasteiger partial charge on any atom is 0.410 e. The topological polar surface area (TPSA) is 49.8 Å². The van der Waals surface area contributed by atoms with Crippen molar-refractivity contribution in [3.8, 4) is 0 Å². The van der Waals surface area contributed by atoms with Gasteiger partial charge in [0.1, 0.15) is 6.61 Å². The molecule has 4 heteroatoms. The molecule has 1 aromatic carbocycles. The third kappa shape index (κ3) is 3.74. The molecule has 1 fully saturated rings. The number of benzene rings is 1. The van der Waals surface area contributed by atoms with E-state index in [9.17, 15) is 4.79 Å². The van der Waals surface area contributed by atoms with Crippen molar-refractivity contribution in [1.29, 1.82) is 0 Å². The zero-order valence-electron chi connectivity index (χ0n) is 10.4. The Balaban J connectivity index is 1.81. The summed E-state index contributed by atoms with van der Waals surface area (Å²) in [6, 6.07) is 9.97. The smallest absolute Gasteiger partial charge is 0.410 e. The fourth-order valence-corrected chi connectivity index (χ4v) is 1.85. The fraction of sp³-hybridized carbons (Fsp3) is 0.500. The van der Waals surface area contributed by atoms with Crippen molar-refractivity contribution in [3.63, 3.8) is 0 Å². The summed E-state index contributed by atoms with van der Waals surface area (Å²) in [6.45, 7) is 0.992. The van der Waals surface area contributed by atoms with Gasteiger partial charge in [-0.1, -0.05) is 30.3 Å². The fourth-order valence-electron chi connectivity index (χ4n) is 1.85. The second kappa shape index (κ2) is 6.40. The quantitative estimate of drug-likeness (QED) is 0.840. The highest BCUT2D eigenvalue weighted by Gasteiger charge is 2.33. The normalized spacial score (nSPS) is 14.3. The van der Waals surface area contributed by atoms with Crippen LogP contribution in [0.3, 0.4) is 0 Å². The van der Waals surface area contributed by atoms with Gasteiger partial charge in [-0.3, -0.25) is 0 Å². The summed E-state index contributed by atoms with van der Waals surface area (Å²) in [5, 5.41) is 8.83. The lowest BCUT2D eigenvalue weighted by Crippen LogP contribution is -2.34. The van der Waals surface area contributed by atoms with Crippen LogP contribution in [-0.2, 0) is 11.3 Å². The minimum absolute atomic E-state index is 0.106. The summed E-state index contributed by atoms with van der Waals surface area (Å²) >= 11 is 0. The van der Waals surface area contributed by atoms with Crippen molar-refractivity contribution < 1.29 is 14.6 Å². The number of ether oxygens (including phenoxy) is 1. The third-order valence-corrected chi connectivity index (χ3v) is 2.98. The molecule has 1 saturated carbocycles. The number of hydrogen-bond acceptors (Lipinski definition) is 3. The Morgan fingerprint density at radius 1 is 1.33 bits per heavy atom. The highest BCUT2D eigenvalue weighted by atomic mass is 16.6. The van der Waals surface area contributed by atoms with E-state index in [4.69, 9.17) is 9.84 Å². The highest BCUT2D eigenvalue weighted by Crippen LogP contribution is 2.27. The Labute approximate surface area is 107 Å². The van der Waals surface area contributed by atoms with E-state index in [1.165, 1.54) is 0 Å². The Morgan fingerprint density at radius 2 is 2.06 bits per heavy atom. The SMILES string of the molecule is O=C(OCc1ccccc1)N(CCCO)C1CC1. The summed E-state index contributed by atoms with van der Waals surface area (Å²) in [6.07, 6.45) is 2.43. The summed E-state index contributed by atoms with van der Waals surface area (Å²) in [5.74, 6) is 0. The zero-order chi connectivity index (χ0) is 12.8. The lowest BCUT2D eigenvalue weighted by atomic mass is 10.2. The van der Waals surface area contributed by atoms with E-state index in [0.717, 1.165) is 18.4 Å². The molecule has 0 bridgehead atoms. The minimum Gasteiger partial charge on any atom is -0.445 e. The molecule has 0 radical (unpaired) electrons. The van der Waals surface area contributed by atoms with Crippen molar-refractivity contribution in [2.45, 2.75) is 31.9 Å². The average molecular weight is 249 g/mol. The second-order valence-electron chi connectivity index (χ2n) is 4.54. The van der Waals surface area contributed by atoms with Crippen LogP contribution in [0.5, 0.6) is 0 Å². The molecule has 0 unspecified atom stereocenters. The molecule has 2 rings (SSSR count). The lowest BCUT2D eigenvalue weighted by Gasteiger charge is -2.21. The molecule has 1 aliphatic rings. The second-order valence-corrected chi connectivity index (χ2v) is 4.54. The van der Waals surface area contributed by atoms with Crippen LogP contribution in [0.1, 0.15) is 24.8 Å². The highest BCUT2D eigenvalue weighted by molar-refractivity contribution is 5.68. The number of carbonyl (C=O) groups is 1. The molecule has 4 nitrogen and oxygen atoms in total. The monoisotopic (exact) mass is 249 g/mol. The number of aliphatic hydroxyl groups is 1. The summed E-state index contributed by atoms with van der Waals surface area (Å²) < 4.78 is 5.29. The van der Waals surface area contributed by atoms with Crippen molar-refractivity contribution >= 4 is 6.09 Å². The number of amides is 1. The zero-order valence-corrected chi connectivity index (χ0v) is 10.4. The molecular formula is C14H19NO3. The van der Waals surface area contributed by atoms with Gasteiger partial charge in [0.05, 0.1) is 0 Å². The molecule has 0 aliphatic heterocycles. The van der Waals surface area contributed by atoms with Gasteiger partial charge in [0.2, 0.25) is 0 Å². The molecule has 1 aromatic rings. The number of hydrogen-bond donors (Lipinski definition) is 1. The molecule has 0 spiro atoms. The lowest BCUT2D eigenvalue weighted by molar-refractivity contribution is 0.0909. The summed E-state index contributed by atoms with van der Waals surface area (Å²) in [4.78, 5) is 13.7. The van der Waals surface area contributed by atoms with Gasteiger partial charge in [-0.15, -0.1) is 0 Å². The molecular weight excluding hydrogens is 230 g/mol. The van der Waals surface area contributed by atoms with Crippen LogP contribution >= 0.6 is 0 Å². The molecule has 18 heavy (non-hydrogen) atoms. The van der Waals surface area contributed by atoms with E-state index in [1.807, 2.05) is 30.3 Å². The first-order valence-electron chi connectivity index (χ1n) is 6.39. The number of rotatable bonds is 6. The maximum atomic E-state index is 11.9. The van der Waals surface area contributed by atoms with E-state index in [2.05, 4.69) is 0 Å². The van der Waals surface area contributed by atoms with Crippen molar-refractivity contribution in [3.05, 3.63) is 35.9 Å². The summed E-state index contributed by atoms with van der Waals surface area (Å²) in [7, 11) is 0. The Bertz CT molecular complexity index is 376. The predicted octanol–water partition coefficient (Wildman–Crippen LogP) is 2.17. The first-order chi connectivity index (χ1) is 8.81. The van der Waals surface area contributed by atoms with E-state index in [1.54, 1.807) is 4.90 Å². The molecule has 0 atom stereocenters. The van der Waals surface area contributed by atoms with Crippen LogP contribution in [0.25, 0.3) is 0 Å². The molecule has 1 N–H and O–H groups in total. The van der Waals surface area contributed by atoms with E-state index >= 15 is 0 Å². The maximum absolute atomic E-state index is 11.9. The van der Waals surface area contributed by atoms with Crippen LogP contribution in [0.15, 0.2) is 30.3 Å². The molecule has 98 valence electrons. The number of carbonyl (C=O) groups excluding carboxylic acids is 1. The first-order valence-corrected chi connectivity index (χ1v) is 6.39. The van der Waals surface area contributed by atoms with E-state index < -0.39 is 0 Å². The van der Waals surface area contributed by atoms with Crippen LogP contribution in [0.2, 0.25) is 0 Å². The average Bonchev–Trinajstić information content (AvgIpc) is 3.22. The van der Waals surface area contributed by atoms with Crippen LogP contribution in [0.4, 0.5) is 4.79 Å². The van der Waals surface area contributed by atoms with Crippen LogP contribution in [-0.4, -0.2) is 35.3 Å². The molecule has 1 aliphatic carbocycles. The molecule has 0 aromatic heterocycles. The van der Waals surface area contributed by atoms with Crippen LogP contribution < -0.4 is 0 Å². The van der Waals surface area contributed by atoms with Gasteiger partial charge in [0, 0.05) is 19.2 Å². The van der Waals surface area contributed by atoms with Gasteiger partial charge < -0.3 is 14.7 Å². The van der Waals surface area contributed by atoms with Gasteiger partial charge in [0.25, 0.3) is 0 Å². The number of aliphatic hydroxyl groups excluding tert-OH is 1. The van der Waals surface area contributed by atoms with Crippen molar-refractivity contribution in [2.75, 3.05) is 13.2 Å². The Hall–Kier alpha value is -1.55. The minimum atomic E-state index is -0.269. The molecule has 0 heterocycles. The summed E-state index contributed by atoms with van der Waals surface area (Å²) in [5.41, 5.74) is 0.990. The van der Waals surface area contributed by atoms with Gasteiger partial charge >= 0.3 is 6.09 Å². The van der Waals surface area contributed by atoms with Gasteiger partial charge in [-0.2, -0.15) is 0 Å². The van der Waals surface area contributed by atoms with E-state index in [0.29, 0.717) is 25.6 Å². The molecule has 1 amide bonds.